The number of nitrogens with one attached hydrogen (secondary N) is 2. The van der Waals surface area contributed by atoms with Gasteiger partial charge in [0.05, 0.1) is 23.9 Å². The fraction of sp³-hybridized carbons (Fsp3) is 0.231. The first-order valence-corrected chi connectivity index (χ1v) is 6.91. The standard InChI is InChI=1S/C13H14FN3O2S/c14-10-3-1-9(2-4-10)12(18)6-16-13(19)15-5-11-7-20-8-17-11/h1-4,7-8,12,18H,5-6H2,(H2,15,16,19). The fourth-order valence-corrected chi connectivity index (χ4v) is 2.11. The van der Waals surface area contributed by atoms with Gasteiger partial charge >= 0.3 is 6.03 Å². The van der Waals surface area contributed by atoms with Crippen molar-refractivity contribution in [3.8, 4) is 0 Å². The molecule has 20 heavy (non-hydrogen) atoms. The van der Waals surface area contributed by atoms with Crippen LogP contribution >= 0.6 is 11.3 Å². The molecule has 5 nitrogen and oxygen atoms in total. The van der Waals surface area contributed by atoms with Crippen LogP contribution in [0.15, 0.2) is 35.2 Å². The maximum atomic E-state index is 12.7. The van der Waals surface area contributed by atoms with Crippen LogP contribution in [0.4, 0.5) is 9.18 Å². The number of rotatable bonds is 5. The second-order valence-corrected chi connectivity index (χ2v) is 4.83. The van der Waals surface area contributed by atoms with Gasteiger partial charge in [0.15, 0.2) is 0 Å². The highest BCUT2D eigenvalue weighted by atomic mass is 32.1. The van der Waals surface area contributed by atoms with Crippen LogP contribution in [0.25, 0.3) is 0 Å². The first-order valence-electron chi connectivity index (χ1n) is 5.97. The summed E-state index contributed by atoms with van der Waals surface area (Å²) in [5.41, 5.74) is 3.02. The molecule has 0 aliphatic heterocycles. The van der Waals surface area contributed by atoms with E-state index in [9.17, 15) is 14.3 Å². The first kappa shape index (κ1) is 14.4. The van der Waals surface area contributed by atoms with Crippen LogP contribution < -0.4 is 10.6 Å². The molecule has 2 amide bonds. The predicted molar refractivity (Wildman–Crippen MR) is 73.7 cm³/mol. The molecule has 0 saturated heterocycles. The highest BCUT2D eigenvalue weighted by Gasteiger charge is 2.09. The van der Waals surface area contributed by atoms with Crippen molar-refractivity contribution in [1.82, 2.24) is 15.6 Å². The van der Waals surface area contributed by atoms with Crippen molar-refractivity contribution in [2.45, 2.75) is 12.6 Å². The summed E-state index contributed by atoms with van der Waals surface area (Å²) in [5.74, 6) is -0.366. The van der Waals surface area contributed by atoms with Crippen molar-refractivity contribution in [2.24, 2.45) is 0 Å². The number of carbonyl (C=O) groups excluding carboxylic acids is 1. The Bertz CT molecular complexity index is 545. The molecule has 1 atom stereocenters. The number of benzene rings is 1. The molecule has 0 radical (unpaired) electrons. The topological polar surface area (TPSA) is 74.2 Å². The predicted octanol–water partition coefficient (Wildman–Crippen LogP) is 1.82. The Balaban J connectivity index is 1.73. The monoisotopic (exact) mass is 295 g/mol. The zero-order chi connectivity index (χ0) is 14.4. The van der Waals surface area contributed by atoms with Crippen molar-refractivity contribution in [1.29, 1.82) is 0 Å². The summed E-state index contributed by atoms with van der Waals surface area (Å²) in [7, 11) is 0. The van der Waals surface area contributed by atoms with E-state index in [2.05, 4.69) is 15.6 Å². The van der Waals surface area contributed by atoms with Gasteiger partial charge in [-0.3, -0.25) is 0 Å². The van der Waals surface area contributed by atoms with Gasteiger partial charge in [0.1, 0.15) is 5.82 Å². The second kappa shape index (κ2) is 6.97. The Morgan fingerprint density at radius 3 is 2.75 bits per heavy atom. The number of aliphatic hydroxyl groups is 1. The summed E-state index contributed by atoms with van der Waals surface area (Å²) in [5, 5.41) is 16.8. The summed E-state index contributed by atoms with van der Waals surface area (Å²) in [6, 6.07) is 5.10. The van der Waals surface area contributed by atoms with Gasteiger partial charge in [-0.25, -0.2) is 14.2 Å². The molecular weight excluding hydrogens is 281 g/mol. The molecule has 0 saturated carbocycles. The fourth-order valence-electron chi connectivity index (χ4n) is 1.55. The minimum atomic E-state index is -0.874. The molecule has 7 heteroatoms. The maximum absolute atomic E-state index is 12.7. The van der Waals surface area contributed by atoms with Crippen LogP contribution in [-0.4, -0.2) is 22.7 Å². The lowest BCUT2D eigenvalue weighted by atomic mass is 10.1. The number of amides is 2. The van der Waals surface area contributed by atoms with E-state index in [0.29, 0.717) is 12.1 Å². The molecule has 0 aliphatic rings. The molecule has 0 spiro atoms. The minimum absolute atomic E-state index is 0.0501. The van der Waals surface area contributed by atoms with Gasteiger partial charge in [-0.05, 0) is 17.7 Å². The van der Waals surface area contributed by atoms with Gasteiger partial charge in [0.25, 0.3) is 0 Å². The van der Waals surface area contributed by atoms with Gasteiger partial charge in [0.2, 0.25) is 0 Å². The average Bonchev–Trinajstić information content (AvgIpc) is 2.96. The molecule has 0 fully saturated rings. The Hall–Kier alpha value is -1.99. The largest absolute Gasteiger partial charge is 0.387 e. The lowest BCUT2D eigenvalue weighted by Crippen LogP contribution is -2.37. The molecular formula is C13H14FN3O2S. The third-order valence-electron chi connectivity index (χ3n) is 2.62. The van der Waals surface area contributed by atoms with Gasteiger partial charge < -0.3 is 15.7 Å². The number of nitrogens with zero attached hydrogens (tertiary/aromatic N) is 1. The van der Waals surface area contributed by atoms with E-state index in [1.54, 1.807) is 5.51 Å². The number of aromatic nitrogens is 1. The van der Waals surface area contributed by atoms with Crippen LogP contribution in [0.5, 0.6) is 0 Å². The molecule has 1 aromatic heterocycles. The lowest BCUT2D eigenvalue weighted by molar-refractivity contribution is 0.173. The minimum Gasteiger partial charge on any atom is -0.387 e. The van der Waals surface area contributed by atoms with Crippen LogP contribution in [-0.2, 0) is 6.54 Å². The molecule has 0 aliphatic carbocycles. The van der Waals surface area contributed by atoms with Gasteiger partial charge in [-0.2, -0.15) is 0 Å². The molecule has 1 unspecified atom stereocenters. The summed E-state index contributed by atoms with van der Waals surface area (Å²) in [6.07, 6.45) is -0.874. The summed E-state index contributed by atoms with van der Waals surface area (Å²) >= 11 is 1.45. The SMILES string of the molecule is O=C(NCc1cscn1)NCC(O)c1ccc(F)cc1. The zero-order valence-electron chi connectivity index (χ0n) is 10.5. The average molecular weight is 295 g/mol. The Labute approximate surface area is 119 Å². The van der Waals surface area contributed by atoms with E-state index in [0.717, 1.165) is 5.69 Å². The Morgan fingerprint density at radius 1 is 1.35 bits per heavy atom. The van der Waals surface area contributed by atoms with Crippen molar-refractivity contribution in [3.05, 3.63) is 52.2 Å². The van der Waals surface area contributed by atoms with E-state index in [1.807, 2.05) is 5.38 Å². The number of hydrogen-bond acceptors (Lipinski definition) is 4. The van der Waals surface area contributed by atoms with Crippen molar-refractivity contribution in [3.63, 3.8) is 0 Å². The van der Waals surface area contributed by atoms with E-state index >= 15 is 0 Å². The van der Waals surface area contributed by atoms with E-state index in [-0.39, 0.29) is 18.4 Å². The third-order valence-corrected chi connectivity index (χ3v) is 3.26. The molecule has 1 heterocycles. The van der Waals surface area contributed by atoms with E-state index in [1.165, 1.54) is 35.6 Å². The zero-order valence-corrected chi connectivity index (χ0v) is 11.4. The van der Waals surface area contributed by atoms with Gasteiger partial charge in [0, 0.05) is 11.9 Å². The highest BCUT2D eigenvalue weighted by Crippen LogP contribution is 2.12. The lowest BCUT2D eigenvalue weighted by Gasteiger charge is -2.12. The van der Waals surface area contributed by atoms with Gasteiger partial charge in [-0.15, -0.1) is 11.3 Å². The Morgan fingerprint density at radius 2 is 2.10 bits per heavy atom. The maximum Gasteiger partial charge on any atom is 0.315 e. The molecule has 1 aromatic carbocycles. The smallest absolute Gasteiger partial charge is 0.315 e. The Kier molecular flexibility index (Phi) is 5.03. The normalized spacial score (nSPS) is 11.9. The molecule has 2 rings (SSSR count). The summed E-state index contributed by atoms with van der Waals surface area (Å²) in [4.78, 5) is 15.5. The number of urea groups is 1. The van der Waals surface area contributed by atoms with Crippen molar-refractivity contribution in [2.75, 3.05) is 6.54 Å². The third kappa shape index (κ3) is 4.29. The van der Waals surface area contributed by atoms with Crippen molar-refractivity contribution >= 4 is 17.4 Å². The van der Waals surface area contributed by atoms with Crippen LogP contribution in [0, 0.1) is 5.82 Å². The summed E-state index contributed by atoms with van der Waals surface area (Å²) in [6.45, 7) is 0.385. The first-order chi connectivity index (χ1) is 9.65. The van der Waals surface area contributed by atoms with E-state index in [4.69, 9.17) is 0 Å². The second-order valence-electron chi connectivity index (χ2n) is 4.11. The quantitative estimate of drug-likeness (QED) is 0.787. The van der Waals surface area contributed by atoms with Gasteiger partial charge in [-0.1, -0.05) is 12.1 Å². The number of carbonyl (C=O) groups is 1. The molecule has 2 aromatic rings. The van der Waals surface area contributed by atoms with Crippen molar-refractivity contribution < 1.29 is 14.3 Å². The van der Waals surface area contributed by atoms with Crippen LogP contribution in [0.3, 0.4) is 0 Å². The van der Waals surface area contributed by atoms with E-state index < -0.39 is 6.10 Å². The molecule has 106 valence electrons. The van der Waals surface area contributed by atoms with Crippen LogP contribution in [0.1, 0.15) is 17.4 Å². The van der Waals surface area contributed by atoms with Crippen LogP contribution in [0.2, 0.25) is 0 Å². The molecule has 3 N–H and O–H groups in total. The number of hydrogen-bond donors (Lipinski definition) is 3. The summed E-state index contributed by atoms with van der Waals surface area (Å²) < 4.78 is 12.7. The number of halogens is 1. The number of aliphatic hydroxyl groups excluding tert-OH is 1. The molecule has 0 bridgehead atoms. The number of thiazole rings is 1. The highest BCUT2D eigenvalue weighted by molar-refractivity contribution is 7.07.